The van der Waals surface area contributed by atoms with Crippen molar-refractivity contribution in [3.63, 3.8) is 0 Å². The Morgan fingerprint density at radius 3 is 2.19 bits per heavy atom. The van der Waals surface area contributed by atoms with E-state index in [4.69, 9.17) is 0 Å². The van der Waals surface area contributed by atoms with Crippen LogP contribution in [0.3, 0.4) is 0 Å². The van der Waals surface area contributed by atoms with Crippen molar-refractivity contribution in [3.8, 4) is 0 Å². The number of rotatable bonds is 1. The minimum absolute atomic E-state index is 0.0637. The van der Waals surface area contributed by atoms with Crippen LogP contribution in [0.4, 0.5) is 0 Å². The van der Waals surface area contributed by atoms with Crippen molar-refractivity contribution < 1.29 is 9.59 Å². The number of hydrogen-bond donors (Lipinski definition) is 0. The van der Waals surface area contributed by atoms with Crippen LogP contribution < -0.4 is 0 Å². The zero-order valence-corrected chi connectivity index (χ0v) is 14.7. The van der Waals surface area contributed by atoms with Gasteiger partial charge in [0.25, 0.3) is 0 Å². The van der Waals surface area contributed by atoms with Gasteiger partial charge in [-0.15, -0.1) is 0 Å². The molecule has 6 rings (SSSR count). The maximum atomic E-state index is 13.3. The third kappa shape index (κ3) is 1.78. The summed E-state index contributed by atoms with van der Waals surface area (Å²) in [6.45, 7) is 0. The van der Waals surface area contributed by atoms with Gasteiger partial charge < -0.3 is 0 Å². The third-order valence-electron chi connectivity index (χ3n) is 7.82. The average Bonchev–Trinajstić information content (AvgIpc) is 3.35. The molecule has 2 aromatic carbocycles. The highest BCUT2D eigenvalue weighted by Gasteiger charge is 2.57. The maximum absolute atomic E-state index is 13.3. The molecule has 0 amide bonds. The van der Waals surface area contributed by atoms with Gasteiger partial charge in [0.1, 0.15) is 0 Å². The van der Waals surface area contributed by atoms with E-state index in [2.05, 4.69) is 24.3 Å². The maximum Gasteiger partial charge on any atom is 0.175 e. The topological polar surface area (TPSA) is 34.1 Å². The molecule has 2 unspecified atom stereocenters. The van der Waals surface area contributed by atoms with Crippen molar-refractivity contribution in [2.45, 2.75) is 31.6 Å². The Morgan fingerprint density at radius 1 is 0.769 bits per heavy atom. The van der Waals surface area contributed by atoms with Gasteiger partial charge in [0.15, 0.2) is 11.6 Å². The van der Waals surface area contributed by atoms with Gasteiger partial charge in [-0.05, 0) is 60.5 Å². The van der Waals surface area contributed by atoms with E-state index in [-0.39, 0.29) is 17.5 Å². The smallest absolute Gasteiger partial charge is 0.175 e. The molecule has 2 saturated carbocycles. The number of ketones is 2. The van der Waals surface area contributed by atoms with Gasteiger partial charge >= 0.3 is 0 Å². The summed E-state index contributed by atoms with van der Waals surface area (Å²) in [6, 6.07) is 16.0. The lowest BCUT2D eigenvalue weighted by atomic mass is 9.59. The van der Waals surface area contributed by atoms with Crippen LogP contribution in [-0.4, -0.2) is 11.6 Å². The minimum atomic E-state index is -0.499. The fraction of sp³-hybridized carbons (Fsp3) is 0.417. The second kappa shape index (κ2) is 5.16. The van der Waals surface area contributed by atoms with Gasteiger partial charge in [0.05, 0.1) is 5.92 Å². The molecule has 2 aromatic rings. The fourth-order valence-electron chi connectivity index (χ4n) is 6.92. The number of carbonyl (C=O) groups excluding carboxylic acids is 2. The lowest BCUT2D eigenvalue weighted by Crippen LogP contribution is -2.40. The molecular weight excluding hydrogens is 320 g/mol. The first-order valence-electron chi connectivity index (χ1n) is 9.99. The SMILES string of the molecule is O=C1c2ccccc2C(=O)C1[C@H]1c2ccccc2C[C@@H]2C3CCC(C3)[C@@H]21. The Balaban J connectivity index is 1.52. The predicted molar refractivity (Wildman–Crippen MR) is 99.3 cm³/mol. The first-order valence-corrected chi connectivity index (χ1v) is 9.99. The molecular formula is C24H22O2. The lowest BCUT2D eigenvalue weighted by Gasteiger charge is -2.44. The summed E-state index contributed by atoms with van der Waals surface area (Å²) >= 11 is 0. The van der Waals surface area contributed by atoms with E-state index in [1.165, 1.54) is 30.4 Å². The van der Waals surface area contributed by atoms with Crippen LogP contribution in [0.1, 0.15) is 57.0 Å². The molecule has 4 aliphatic carbocycles. The van der Waals surface area contributed by atoms with E-state index >= 15 is 0 Å². The van der Waals surface area contributed by atoms with E-state index in [0.29, 0.717) is 28.9 Å². The summed E-state index contributed by atoms with van der Waals surface area (Å²) in [6.07, 6.45) is 5.07. The minimum Gasteiger partial charge on any atom is -0.293 e. The molecule has 0 spiro atoms. The summed E-state index contributed by atoms with van der Waals surface area (Å²) < 4.78 is 0. The average molecular weight is 342 g/mol. The molecule has 0 aliphatic heterocycles. The molecule has 2 heteroatoms. The fourth-order valence-corrected chi connectivity index (χ4v) is 6.92. The standard InChI is InChI=1S/C24H22O2/c25-23-17-7-3-4-8-18(17)24(26)22(23)21-16-6-2-1-5-13(16)12-19-14-9-10-15(11-14)20(19)21/h1-8,14-15,19-22H,9-12H2/t14?,15?,19-,20+,21+/m1/s1. The van der Waals surface area contributed by atoms with E-state index in [1.807, 2.05) is 24.3 Å². The molecule has 4 aliphatic rings. The summed E-state index contributed by atoms with van der Waals surface area (Å²) in [4.78, 5) is 26.6. The van der Waals surface area contributed by atoms with Gasteiger partial charge in [-0.3, -0.25) is 9.59 Å². The molecule has 0 heterocycles. The second-order valence-electron chi connectivity index (χ2n) is 8.75. The van der Waals surface area contributed by atoms with Crippen LogP contribution in [0.5, 0.6) is 0 Å². The third-order valence-corrected chi connectivity index (χ3v) is 7.82. The number of hydrogen-bond acceptors (Lipinski definition) is 2. The molecule has 5 atom stereocenters. The van der Waals surface area contributed by atoms with Gasteiger partial charge in [-0.2, -0.15) is 0 Å². The molecule has 26 heavy (non-hydrogen) atoms. The first kappa shape index (κ1) is 14.9. The van der Waals surface area contributed by atoms with Crippen LogP contribution in [-0.2, 0) is 6.42 Å². The largest absolute Gasteiger partial charge is 0.293 e. The highest BCUT2D eigenvalue weighted by molar-refractivity contribution is 6.27. The van der Waals surface area contributed by atoms with Gasteiger partial charge in [0.2, 0.25) is 0 Å². The van der Waals surface area contributed by atoms with Crippen LogP contribution in [0.25, 0.3) is 0 Å². The number of Topliss-reactive ketones (excluding diaryl/α,β-unsaturated/α-hetero) is 2. The molecule has 2 nitrogen and oxygen atoms in total. The number of fused-ring (bicyclic) bond motifs is 7. The van der Waals surface area contributed by atoms with Crippen molar-refractivity contribution >= 4 is 11.6 Å². The first-order chi connectivity index (χ1) is 12.7. The quantitative estimate of drug-likeness (QED) is 0.705. The summed E-state index contributed by atoms with van der Waals surface area (Å²) in [5, 5.41) is 0. The van der Waals surface area contributed by atoms with Crippen molar-refractivity contribution in [2.75, 3.05) is 0 Å². The Hall–Kier alpha value is -2.22. The molecule has 0 radical (unpaired) electrons. The molecule has 0 saturated heterocycles. The normalized spacial score (nSPS) is 34.7. The van der Waals surface area contributed by atoms with Crippen LogP contribution in [0.15, 0.2) is 48.5 Å². The second-order valence-corrected chi connectivity index (χ2v) is 8.75. The summed E-state index contributed by atoms with van der Waals surface area (Å²) in [5.41, 5.74) is 3.94. The van der Waals surface area contributed by atoms with Crippen molar-refractivity contribution in [3.05, 3.63) is 70.8 Å². The van der Waals surface area contributed by atoms with Crippen molar-refractivity contribution in [2.24, 2.45) is 29.6 Å². The Morgan fingerprint density at radius 2 is 1.42 bits per heavy atom. The van der Waals surface area contributed by atoms with Gasteiger partial charge in [0, 0.05) is 17.0 Å². The van der Waals surface area contributed by atoms with Crippen molar-refractivity contribution in [1.82, 2.24) is 0 Å². The van der Waals surface area contributed by atoms with Crippen LogP contribution in [0.2, 0.25) is 0 Å². The Labute approximate surface area is 153 Å². The molecule has 2 fully saturated rings. The molecule has 2 bridgehead atoms. The van der Waals surface area contributed by atoms with E-state index < -0.39 is 5.92 Å². The van der Waals surface area contributed by atoms with Crippen LogP contribution >= 0.6 is 0 Å². The summed E-state index contributed by atoms with van der Waals surface area (Å²) in [7, 11) is 0. The Bertz CT molecular complexity index is 908. The van der Waals surface area contributed by atoms with E-state index in [1.54, 1.807) is 0 Å². The van der Waals surface area contributed by atoms with Gasteiger partial charge in [-0.1, -0.05) is 48.5 Å². The monoisotopic (exact) mass is 342 g/mol. The van der Waals surface area contributed by atoms with Crippen LogP contribution in [0, 0.1) is 29.6 Å². The Kier molecular flexibility index (Phi) is 2.95. The highest BCUT2D eigenvalue weighted by atomic mass is 16.2. The van der Waals surface area contributed by atoms with Crippen molar-refractivity contribution in [1.29, 1.82) is 0 Å². The zero-order chi connectivity index (χ0) is 17.4. The predicted octanol–water partition coefficient (Wildman–Crippen LogP) is 4.68. The van der Waals surface area contributed by atoms with E-state index in [9.17, 15) is 9.59 Å². The summed E-state index contributed by atoms with van der Waals surface area (Å²) in [5.74, 6) is 2.38. The van der Waals surface area contributed by atoms with E-state index in [0.717, 1.165) is 12.3 Å². The zero-order valence-electron chi connectivity index (χ0n) is 14.7. The number of benzene rings is 2. The van der Waals surface area contributed by atoms with Gasteiger partial charge in [-0.25, -0.2) is 0 Å². The lowest BCUT2D eigenvalue weighted by molar-refractivity contribution is 0.0714. The number of carbonyl (C=O) groups is 2. The molecule has 0 aromatic heterocycles. The molecule has 0 N–H and O–H groups in total. The molecule has 130 valence electrons. The highest BCUT2D eigenvalue weighted by Crippen LogP contribution is 2.62.